The van der Waals surface area contributed by atoms with E-state index in [-0.39, 0.29) is 11.7 Å². The molecule has 148 valence electrons. The van der Waals surface area contributed by atoms with Gasteiger partial charge in [0.15, 0.2) is 5.58 Å². The highest BCUT2D eigenvalue weighted by Gasteiger charge is 2.30. The number of hydrogen-bond acceptors (Lipinski definition) is 4. The monoisotopic (exact) mass is 385 g/mol. The van der Waals surface area contributed by atoms with E-state index in [4.69, 9.17) is 4.42 Å². The summed E-state index contributed by atoms with van der Waals surface area (Å²) in [7, 11) is 3.85. The molecule has 3 rings (SSSR count). The van der Waals surface area contributed by atoms with Crippen molar-refractivity contribution in [1.29, 1.82) is 0 Å². The first-order valence-electron chi connectivity index (χ1n) is 9.04. The van der Waals surface area contributed by atoms with Gasteiger partial charge in [0, 0.05) is 18.8 Å². The third-order valence-electron chi connectivity index (χ3n) is 4.83. The molecular weight excluding hydrogens is 361 g/mol. The first-order chi connectivity index (χ1) is 13.2. The first kappa shape index (κ1) is 19.8. The van der Waals surface area contributed by atoms with Gasteiger partial charge in [-0.25, -0.2) is 9.18 Å². The Hall–Kier alpha value is -2.93. The van der Waals surface area contributed by atoms with Crippen LogP contribution in [0, 0.1) is 5.82 Å². The first-order valence-corrected chi connectivity index (χ1v) is 9.04. The summed E-state index contributed by atoms with van der Waals surface area (Å²) in [5.41, 5.74) is 1.51. The molecule has 0 unspecified atom stereocenters. The van der Waals surface area contributed by atoms with E-state index >= 15 is 0 Å². The minimum atomic E-state index is -0.857. The van der Waals surface area contributed by atoms with Gasteiger partial charge in [-0.1, -0.05) is 12.1 Å². The number of carbonyl (C=O) groups is 1. The summed E-state index contributed by atoms with van der Waals surface area (Å²) >= 11 is 0. The van der Waals surface area contributed by atoms with Gasteiger partial charge in [0.2, 0.25) is 5.91 Å². The predicted octanol–water partition coefficient (Wildman–Crippen LogP) is 3.21. The zero-order valence-electron chi connectivity index (χ0n) is 16.5. The third kappa shape index (κ3) is 3.99. The van der Waals surface area contributed by atoms with Crippen molar-refractivity contribution in [3.63, 3.8) is 0 Å². The second kappa shape index (κ2) is 7.59. The Morgan fingerprint density at radius 1 is 1.18 bits per heavy atom. The van der Waals surface area contributed by atoms with Gasteiger partial charge in [-0.3, -0.25) is 9.36 Å². The van der Waals surface area contributed by atoms with Crippen LogP contribution in [-0.2, 0) is 16.8 Å². The molecule has 3 aromatic rings. The van der Waals surface area contributed by atoms with Gasteiger partial charge in [0.1, 0.15) is 5.82 Å². The van der Waals surface area contributed by atoms with Crippen molar-refractivity contribution in [3.8, 4) is 0 Å². The van der Waals surface area contributed by atoms with Crippen LogP contribution in [0.15, 0.2) is 51.7 Å². The number of nitrogens with one attached hydrogen (secondary N) is 1. The lowest BCUT2D eigenvalue weighted by atomic mass is 9.83. The molecule has 1 N–H and O–H groups in total. The number of hydrogen-bond donors (Lipinski definition) is 1. The Balaban J connectivity index is 1.87. The maximum absolute atomic E-state index is 13.2. The summed E-state index contributed by atoms with van der Waals surface area (Å²) in [5, 5.41) is 2.89. The minimum Gasteiger partial charge on any atom is -0.408 e. The van der Waals surface area contributed by atoms with E-state index in [0.717, 1.165) is 0 Å². The second-order valence-corrected chi connectivity index (χ2v) is 7.59. The number of oxazole rings is 1. The van der Waals surface area contributed by atoms with Crippen LogP contribution in [0.25, 0.3) is 11.1 Å². The van der Waals surface area contributed by atoms with Gasteiger partial charge in [-0.15, -0.1) is 0 Å². The normalized spacial score (nSPS) is 11.9. The van der Waals surface area contributed by atoms with Crippen LogP contribution in [-0.4, -0.2) is 36.0 Å². The number of rotatable bonds is 6. The van der Waals surface area contributed by atoms with Gasteiger partial charge in [0.05, 0.1) is 10.9 Å². The maximum atomic E-state index is 13.2. The second-order valence-electron chi connectivity index (χ2n) is 7.59. The van der Waals surface area contributed by atoms with Gasteiger partial charge in [-0.2, -0.15) is 0 Å². The molecule has 0 atom stereocenters. The number of carbonyl (C=O) groups excluding carboxylic acids is 1. The van der Waals surface area contributed by atoms with E-state index in [1.54, 1.807) is 48.7 Å². The molecular formula is C21H24FN3O3. The zero-order chi connectivity index (χ0) is 20.5. The Labute approximate surface area is 162 Å². The number of anilines is 1. The average Bonchev–Trinajstić information content (AvgIpc) is 2.94. The van der Waals surface area contributed by atoms with Crippen molar-refractivity contribution in [2.24, 2.45) is 0 Å². The quantitative estimate of drug-likeness (QED) is 0.708. The molecule has 0 spiro atoms. The Bertz CT molecular complexity index is 1050. The van der Waals surface area contributed by atoms with Crippen LogP contribution in [0.1, 0.15) is 19.4 Å². The standard InChI is InChI=1S/C21H24FN3O3/c1-21(2,14-5-7-15(22)8-6-14)19(26)23-16-9-10-18-17(13-16)25(20(27)28-18)12-11-24(3)4/h5-10,13H,11-12H2,1-4H3,(H,23,26). The number of nitrogens with zero attached hydrogens (tertiary/aromatic N) is 2. The minimum absolute atomic E-state index is 0.232. The molecule has 0 saturated carbocycles. The molecule has 0 fully saturated rings. The summed E-state index contributed by atoms with van der Waals surface area (Å²) in [5.74, 6) is -1.00. The van der Waals surface area contributed by atoms with E-state index in [1.165, 1.54) is 12.1 Å². The highest BCUT2D eigenvalue weighted by atomic mass is 19.1. The molecule has 0 aliphatic heterocycles. The summed E-state index contributed by atoms with van der Waals surface area (Å²) in [6.45, 7) is 4.72. The van der Waals surface area contributed by atoms with Crippen molar-refractivity contribution in [2.75, 3.05) is 26.0 Å². The predicted molar refractivity (Wildman–Crippen MR) is 107 cm³/mol. The molecule has 1 heterocycles. The molecule has 0 radical (unpaired) electrons. The zero-order valence-corrected chi connectivity index (χ0v) is 16.5. The summed E-state index contributed by atoms with van der Waals surface area (Å²) in [6, 6.07) is 11.0. The molecule has 1 amide bonds. The van der Waals surface area contributed by atoms with Crippen LogP contribution in [0.3, 0.4) is 0 Å². The molecule has 7 heteroatoms. The molecule has 1 aromatic heterocycles. The summed E-state index contributed by atoms with van der Waals surface area (Å²) in [4.78, 5) is 26.9. The lowest BCUT2D eigenvalue weighted by molar-refractivity contribution is -0.120. The highest BCUT2D eigenvalue weighted by molar-refractivity contribution is 5.99. The molecule has 2 aromatic carbocycles. The number of likely N-dealkylation sites (N-methyl/N-ethyl adjacent to an activating group) is 1. The van der Waals surface area contributed by atoms with E-state index in [0.29, 0.717) is 35.4 Å². The summed E-state index contributed by atoms with van der Waals surface area (Å²) < 4.78 is 20.0. The number of aromatic nitrogens is 1. The molecule has 0 aliphatic rings. The number of amides is 1. The topological polar surface area (TPSA) is 67.5 Å². The van der Waals surface area contributed by atoms with Crippen molar-refractivity contribution >= 4 is 22.7 Å². The lowest BCUT2D eigenvalue weighted by Gasteiger charge is -2.24. The van der Waals surface area contributed by atoms with Gasteiger partial charge in [0.25, 0.3) is 0 Å². The Kier molecular flexibility index (Phi) is 5.38. The van der Waals surface area contributed by atoms with E-state index < -0.39 is 11.2 Å². The Morgan fingerprint density at radius 3 is 2.50 bits per heavy atom. The number of halogens is 1. The van der Waals surface area contributed by atoms with Gasteiger partial charge >= 0.3 is 5.76 Å². The van der Waals surface area contributed by atoms with Crippen LogP contribution >= 0.6 is 0 Å². The van der Waals surface area contributed by atoms with Crippen molar-refractivity contribution in [1.82, 2.24) is 9.47 Å². The van der Waals surface area contributed by atoms with Crippen LogP contribution in [0.2, 0.25) is 0 Å². The van der Waals surface area contributed by atoms with Crippen LogP contribution in [0.5, 0.6) is 0 Å². The summed E-state index contributed by atoms with van der Waals surface area (Å²) in [6.07, 6.45) is 0. The molecule has 0 bridgehead atoms. The maximum Gasteiger partial charge on any atom is 0.419 e. The Morgan fingerprint density at radius 2 is 1.86 bits per heavy atom. The van der Waals surface area contributed by atoms with Crippen LogP contribution in [0.4, 0.5) is 10.1 Å². The fraction of sp³-hybridized carbons (Fsp3) is 0.333. The number of benzene rings is 2. The van der Waals surface area contributed by atoms with E-state index in [9.17, 15) is 14.0 Å². The SMILES string of the molecule is CN(C)CCn1c(=O)oc2ccc(NC(=O)C(C)(C)c3ccc(F)cc3)cc21. The van der Waals surface area contributed by atoms with Crippen molar-refractivity contribution in [3.05, 3.63) is 64.4 Å². The van der Waals surface area contributed by atoms with Gasteiger partial charge in [-0.05, 0) is 63.8 Å². The lowest BCUT2D eigenvalue weighted by Crippen LogP contribution is -2.34. The molecule has 0 saturated heterocycles. The van der Waals surface area contributed by atoms with Crippen molar-refractivity contribution < 1.29 is 13.6 Å². The number of fused-ring (bicyclic) bond motifs is 1. The highest BCUT2D eigenvalue weighted by Crippen LogP contribution is 2.26. The van der Waals surface area contributed by atoms with Crippen molar-refractivity contribution in [2.45, 2.75) is 25.8 Å². The fourth-order valence-electron chi connectivity index (χ4n) is 2.94. The fourth-order valence-corrected chi connectivity index (χ4v) is 2.94. The van der Waals surface area contributed by atoms with Gasteiger partial charge < -0.3 is 14.6 Å². The molecule has 6 nitrogen and oxygen atoms in total. The molecule has 28 heavy (non-hydrogen) atoms. The molecule has 0 aliphatic carbocycles. The van der Waals surface area contributed by atoms with Crippen LogP contribution < -0.4 is 11.1 Å². The third-order valence-corrected chi connectivity index (χ3v) is 4.83. The van der Waals surface area contributed by atoms with E-state index in [1.807, 2.05) is 19.0 Å². The van der Waals surface area contributed by atoms with E-state index in [2.05, 4.69) is 5.32 Å². The smallest absolute Gasteiger partial charge is 0.408 e. The largest absolute Gasteiger partial charge is 0.419 e. The average molecular weight is 385 g/mol.